The maximum absolute atomic E-state index is 13.0. The number of anilines is 1. The summed E-state index contributed by atoms with van der Waals surface area (Å²) in [6.45, 7) is 8.62. The lowest BCUT2D eigenvalue weighted by Gasteiger charge is -2.43. The number of hydrogen-bond donors (Lipinski definition) is 1. The smallest absolute Gasteiger partial charge is 0.223 e. The van der Waals surface area contributed by atoms with E-state index in [4.69, 9.17) is 10.7 Å². The SMILES string of the molecule is CN=CC(=CN)c1cc(-c2ccc(N3CCN(C(=O)CC(C)(C)C)C4(CC4)C3)nc2)c2c(C#N)cnn2c1. The predicted octanol–water partition coefficient (Wildman–Crippen LogP) is 3.89. The number of nitrogens with zero attached hydrogens (tertiary/aromatic N) is 7. The summed E-state index contributed by atoms with van der Waals surface area (Å²) in [6, 6.07) is 8.30. The van der Waals surface area contributed by atoms with Gasteiger partial charge in [-0.15, -0.1) is 0 Å². The third-order valence-corrected chi connectivity index (χ3v) is 7.36. The number of rotatable bonds is 5. The number of fused-ring (bicyclic) bond motifs is 1. The molecule has 9 nitrogen and oxygen atoms in total. The van der Waals surface area contributed by atoms with Crippen molar-refractivity contribution in [3.8, 4) is 17.2 Å². The molecule has 2 fully saturated rings. The Bertz CT molecular complexity index is 1470. The molecule has 0 aromatic carbocycles. The van der Waals surface area contributed by atoms with Crippen LogP contribution in [0.1, 0.15) is 51.2 Å². The normalized spacial score (nSPS) is 17.4. The summed E-state index contributed by atoms with van der Waals surface area (Å²) in [6.07, 6.45) is 11.1. The Morgan fingerprint density at radius 1 is 1.26 bits per heavy atom. The molecule has 2 aliphatic rings. The van der Waals surface area contributed by atoms with Crippen LogP contribution in [0.25, 0.3) is 22.2 Å². The molecule has 38 heavy (non-hydrogen) atoms. The monoisotopic (exact) mass is 510 g/mol. The van der Waals surface area contributed by atoms with E-state index in [1.165, 1.54) is 6.20 Å². The molecule has 0 bridgehead atoms. The molecular formula is C29H34N8O. The number of piperazine rings is 1. The molecule has 4 heterocycles. The van der Waals surface area contributed by atoms with Crippen LogP contribution in [0.2, 0.25) is 0 Å². The molecule has 1 amide bonds. The van der Waals surface area contributed by atoms with Crippen LogP contribution in [-0.2, 0) is 4.79 Å². The van der Waals surface area contributed by atoms with E-state index in [1.54, 1.807) is 24.0 Å². The molecule has 2 N–H and O–H groups in total. The van der Waals surface area contributed by atoms with Crippen LogP contribution in [-0.4, -0.2) is 63.8 Å². The fourth-order valence-electron chi connectivity index (χ4n) is 5.35. The lowest BCUT2D eigenvalue weighted by molar-refractivity contribution is -0.136. The van der Waals surface area contributed by atoms with Gasteiger partial charge in [0, 0.05) is 80.2 Å². The zero-order valence-electron chi connectivity index (χ0n) is 22.5. The second-order valence-electron chi connectivity index (χ2n) is 11.4. The molecule has 9 heteroatoms. The first-order valence-corrected chi connectivity index (χ1v) is 13.0. The number of aromatic nitrogens is 3. The second-order valence-corrected chi connectivity index (χ2v) is 11.4. The van der Waals surface area contributed by atoms with Gasteiger partial charge < -0.3 is 15.5 Å². The van der Waals surface area contributed by atoms with E-state index < -0.39 is 0 Å². The second kappa shape index (κ2) is 9.60. The van der Waals surface area contributed by atoms with Crippen molar-refractivity contribution in [3.63, 3.8) is 0 Å². The summed E-state index contributed by atoms with van der Waals surface area (Å²) in [4.78, 5) is 26.4. The minimum absolute atomic E-state index is 0.0185. The van der Waals surface area contributed by atoms with Crippen molar-refractivity contribution in [2.45, 2.75) is 45.6 Å². The number of allylic oxidation sites excluding steroid dienone is 1. The Morgan fingerprint density at radius 2 is 2.05 bits per heavy atom. The van der Waals surface area contributed by atoms with E-state index in [9.17, 15) is 10.1 Å². The van der Waals surface area contributed by atoms with Gasteiger partial charge in [-0.05, 0) is 36.5 Å². The van der Waals surface area contributed by atoms with Gasteiger partial charge in [-0.1, -0.05) is 20.8 Å². The van der Waals surface area contributed by atoms with Crippen LogP contribution < -0.4 is 10.6 Å². The fourth-order valence-corrected chi connectivity index (χ4v) is 5.35. The Morgan fingerprint density at radius 3 is 2.66 bits per heavy atom. The van der Waals surface area contributed by atoms with Gasteiger partial charge in [0.2, 0.25) is 5.91 Å². The van der Waals surface area contributed by atoms with E-state index in [0.29, 0.717) is 12.0 Å². The minimum Gasteiger partial charge on any atom is -0.404 e. The number of pyridine rings is 2. The Balaban J connectivity index is 1.43. The topological polar surface area (TPSA) is 116 Å². The molecule has 1 aliphatic carbocycles. The van der Waals surface area contributed by atoms with Gasteiger partial charge in [0.15, 0.2) is 0 Å². The summed E-state index contributed by atoms with van der Waals surface area (Å²) >= 11 is 0. The predicted molar refractivity (Wildman–Crippen MR) is 150 cm³/mol. The van der Waals surface area contributed by atoms with Crippen LogP contribution in [0.4, 0.5) is 5.82 Å². The molecule has 3 aromatic rings. The highest BCUT2D eigenvalue weighted by Gasteiger charge is 2.53. The number of nitrogens with two attached hydrogens (primary N) is 1. The molecule has 196 valence electrons. The quantitative estimate of drug-likeness (QED) is 0.521. The first kappa shape index (κ1) is 25.5. The molecule has 5 rings (SSSR count). The molecule has 0 radical (unpaired) electrons. The van der Waals surface area contributed by atoms with Crippen molar-refractivity contribution in [1.29, 1.82) is 5.26 Å². The Labute approximate surface area is 223 Å². The summed E-state index contributed by atoms with van der Waals surface area (Å²) in [5.74, 6) is 1.15. The average molecular weight is 511 g/mol. The molecule has 1 aliphatic heterocycles. The molecule has 1 saturated carbocycles. The number of hydrogen-bond acceptors (Lipinski definition) is 7. The summed E-state index contributed by atoms with van der Waals surface area (Å²) in [7, 11) is 1.69. The fraction of sp³-hybridized carbons (Fsp3) is 0.414. The highest BCUT2D eigenvalue weighted by Crippen LogP contribution is 2.46. The van der Waals surface area contributed by atoms with E-state index in [0.717, 1.165) is 66.1 Å². The molecule has 0 atom stereocenters. The van der Waals surface area contributed by atoms with Crippen molar-refractivity contribution in [2.75, 3.05) is 31.6 Å². The van der Waals surface area contributed by atoms with Gasteiger partial charge in [0.25, 0.3) is 0 Å². The largest absolute Gasteiger partial charge is 0.404 e. The Hall–Kier alpha value is -4.19. The van der Waals surface area contributed by atoms with Gasteiger partial charge in [0.05, 0.1) is 22.8 Å². The standard InChI is InChI=1S/C29H34N8O/c1-28(2,3)12-26(38)36-10-9-35(19-29(36)7-8-29)25-6-5-20(16-33-25)24-11-21(22(13-30)15-32-4)18-37-27(24)23(14-31)17-34-37/h5-6,11,13,15-18H,7-10,12,19,30H2,1-4H3. The molecule has 1 spiro atoms. The number of aliphatic imine (C=N–C) groups is 1. The van der Waals surface area contributed by atoms with E-state index in [1.807, 2.05) is 30.6 Å². The third-order valence-electron chi connectivity index (χ3n) is 7.36. The van der Waals surface area contributed by atoms with Crippen LogP contribution in [0, 0.1) is 16.7 Å². The van der Waals surface area contributed by atoms with Crippen molar-refractivity contribution >= 4 is 29.0 Å². The van der Waals surface area contributed by atoms with Gasteiger partial charge in [-0.25, -0.2) is 9.50 Å². The number of amides is 1. The molecule has 1 saturated heterocycles. The lowest BCUT2D eigenvalue weighted by atomic mass is 9.91. The van der Waals surface area contributed by atoms with Crippen LogP contribution >= 0.6 is 0 Å². The zero-order chi connectivity index (χ0) is 27.1. The highest BCUT2D eigenvalue weighted by molar-refractivity contribution is 6.10. The number of nitriles is 1. The minimum atomic E-state index is -0.0630. The Kier molecular flexibility index (Phi) is 6.43. The summed E-state index contributed by atoms with van der Waals surface area (Å²) in [5, 5.41) is 14.1. The van der Waals surface area contributed by atoms with Crippen molar-refractivity contribution < 1.29 is 4.79 Å². The van der Waals surface area contributed by atoms with Crippen LogP contribution in [0.5, 0.6) is 0 Å². The van der Waals surface area contributed by atoms with E-state index >= 15 is 0 Å². The van der Waals surface area contributed by atoms with Crippen molar-refractivity contribution in [1.82, 2.24) is 19.5 Å². The highest BCUT2D eigenvalue weighted by atomic mass is 16.2. The number of carbonyl (C=O) groups is 1. The maximum atomic E-state index is 13.0. The van der Waals surface area contributed by atoms with Gasteiger partial charge in [-0.3, -0.25) is 9.79 Å². The first-order chi connectivity index (χ1) is 18.2. The third kappa shape index (κ3) is 4.74. The van der Waals surface area contributed by atoms with Crippen LogP contribution in [0.15, 0.2) is 48.0 Å². The number of carbonyl (C=O) groups excluding carboxylic acids is 1. The van der Waals surface area contributed by atoms with E-state index in [-0.39, 0.29) is 16.9 Å². The summed E-state index contributed by atoms with van der Waals surface area (Å²) < 4.78 is 1.70. The van der Waals surface area contributed by atoms with Crippen molar-refractivity contribution in [3.05, 3.63) is 54.1 Å². The molecular weight excluding hydrogens is 476 g/mol. The van der Waals surface area contributed by atoms with Crippen molar-refractivity contribution in [2.24, 2.45) is 16.1 Å². The molecule has 3 aromatic heterocycles. The van der Waals surface area contributed by atoms with Crippen LogP contribution in [0.3, 0.4) is 0 Å². The van der Waals surface area contributed by atoms with Gasteiger partial charge >= 0.3 is 0 Å². The average Bonchev–Trinajstić information content (AvgIpc) is 3.51. The van der Waals surface area contributed by atoms with Gasteiger partial charge in [0.1, 0.15) is 11.9 Å². The van der Waals surface area contributed by atoms with Gasteiger partial charge in [-0.2, -0.15) is 10.4 Å². The first-order valence-electron chi connectivity index (χ1n) is 13.0. The lowest BCUT2D eigenvalue weighted by Crippen LogP contribution is -2.57. The summed E-state index contributed by atoms with van der Waals surface area (Å²) in [5.41, 5.74) is 10.3. The maximum Gasteiger partial charge on any atom is 0.223 e. The molecule has 0 unspecified atom stereocenters. The zero-order valence-corrected chi connectivity index (χ0v) is 22.5. The van der Waals surface area contributed by atoms with E-state index in [2.05, 4.69) is 46.7 Å².